The van der Waals surface area contributed by atoms with Gasteiger partial charge in [0.15, 0.2) is 0 Å². The van der Waals surface area contributed by atoms with Crippen LogP contribution in [0.25, 0.3) is 0 Å². The van der Waals surface area contributed by atoms with Crippen molar-refractivity contribution in [1.29, 1.82) is 0 Å². The van der Waals surface area contributed by atoms with Crippen LogP contribution in [0.2, 0.25) is 0 Å². The summed E-state index contributed by atoms with van der Waals surface area (Å²) < 4.78 is 1.74. The van der Waals surface area contributed by atoms with Crippen LogP contribution in [0, 0.1) is 0 Å². The molecule has 1 aliphatic heterocycles. The van der Waals surface area contributed by atoms with E-state index >= 15 is 0 Å². The Morgan fingerprint density at radius 3 is 2.78 bits per heavy atom. The Bertz CT molecular complexity index is 906. The summed E-state index contributed by atoms with van der Waals surface area (Å²) in [5.74, 6) is 0.293. The molecule has 27 heavy (non-hydrogen) atoms. The number of phenolic OH excluding ortho intramolecular Hbond substituents is 1. The minimum atomic E-state index is 0.0471. The zero-order valence-electron chi connectivity index (χ0n) is 15.0. The number of nitrogens with zero attached hydrogens (tertiary/aromatic N) is 4. The van der Waals surface area contributed by atoms with Crippen molar-refractivity contribution in [2.45, 2.75) is 31.8 Å². The third-order valence-electron chi connectivity index (χ3n) is 5.03. The number of amides is 1. The van der Waals surface area contributed by atoms with E-state index in [2.05, 4.69) is 10.1 Å². The lowest BCUT2D eigenvalue weighted by atomic mass is 9.94. The van der Waals surface area contributed by atoms with Crippen molar-refractivity contribution >= 4 is 5.91 Å². The standard InChI is InChI=1S/C21H22N4O2/c26-19-9-7-17(8-10-19)20-6-1-2-11-25(20)21(27)18-5-3-4-16(12-18)13-24-15-22-14-23-24/h3-5,7-10,12,14-15,20,26H,1-2,6,11,13H2. The molecule has 1 amide bonds. The van der Waals surface area contributed by atoms with E-state index < -0.39 is 0 Å². The van der Waals surface area contributed by atoms with E-state index in [-0.39, 0.29) is 17.7 Å². The molecule has 1 aliphatic rings. The molecule has 1 atom stereocenters. The molecule has 6 nitrogen and oxygen atoms in total. The van der Waals surface area contributed by atoms with Gasteiger partial charge in [0.1, 0.15) is 18.4 Å². The van der Waals surface area contributed by atoms with Gasteiger partial charge in [-0.15, -0.1) is 0 Å². The summed E-state index contributed by atoms with van der Waals surface area (Å²) in [5, 5.41) is 13.7. The molecule has 0 spiro atoms. The lowest BCUT2D eigenvalue weighted by Gasteiger charge is -2.36. The number of carbonyl (C=O) groups is 1. The molecule has 1 saturated heterocycles. The van der Waals surface area contributed by atoms with E-state index in [1.54, 1.807) is 23.1 Å². The number of hydrogen-bond acceptors (Lipinski definition) is 4. The summed E-state index contributed by atoms with van der Waals surface area (Å²) in [6.07, 6.45) is 6.22. The zero-order chi connectivity index (χ0) is 18.6. The highest BCUT2D eigenvalue weighted by Gasteiger charge is 2.28. The Morgan fingerprint density at radius 2 is 2.00 bits per heavy atom. The third kappa shape index (κ3) is 3.84. The van der Waals surface area contributed by atoms with Crippen LogP contribution >= 0.6 is 0 Å². The van der Waals surface area contributed by atoms with E-state index in [9.17, 15) is 9.90 Å². The van der Waals surface area contributed by atoms with E-state index in [1.165, 1.54) is 6.33 Å². The fourth-order valence-corrected chi connectivity index (χ4v) is 3.69. The van der Waals surface area contributed by atoms with Gasteiger partial charge in [0.05, 0.1) is 12.6 Å². The first-order valence-corrected chi connectivity index (χ1v) is 9.22. The van der Waals surface area contributed by atoms with Gasteiger partial charge in [0, 0.05) is 12.1 Å². The first-order valence-electron chi connectivity index (χ1n) is 9.22. The van der Waals surface area contributed by atoms with Gasteiger partial charge in [0.2, 0.25) is 0 Å². The minimum absolute atomic E-state index is 0.0471. The van der Waals surface area contributed by atoms with E-state index in [0.717, 1.165) is 36.9 Å². The number of carbonyl (C=O) groups excluding carboxylic acids is 1. The van der Waals surface area contributed by atoms with Crippen molar-refractivity contribution in [2.24, 2.45) is 0 Å². The SMILES string of the molecule is O=C(c1cccc(Cn2cncn2)c1)N1CCCCC1c1ccc(O)cc1. The largest absolute Gasteiger partial charge is 0.508 e. The number of piperidine rings is 1. The van der Waals surface area contributed by atoms with Gasteiger partial charge in [-0.1, -0.05) is 24.3 Å². The van der Waals surface area contributed by atoms with E-state index in [1.807, 2.05) is 41.3 Å². The zero-order valence-corrected chi connectivity index (χ0v) is 15.0. The highest BCUT2D eigenvalue weighted by molar-refractivity contribution is 5.94. The predicted octanol–water partition coefficient (Wildman–Crippen LogP) is 3.40. The molecule has 0 saturated carbocycles. The monoisotopic (exact) mass is 362 g/mol. The van der Waals surface area contributed by atoms with Crippen LogP contribution < -0.4 is 0 Å². The maximum absolute atomic E-state index is 13.2. The van der Waals surface area contributed by atoms with Crippen LogP contribution in [0.1, 0.15) is 46.8 Å². The van der Waals surface area contributed by atoms with Crippen LogP contribution in [-0.4, -0.2) is 37.2 Å². The summed E-state index contributed by atoms with van der Waals surface area (Å²) >= 11 is 0. The van der Waals surface area contributed by atoms with Crippen LogP contribution in [0.4, 0.5) is 0 Å². The van der Waals surface area contributed by atoms with Crippen molar-refractivity contribution in [1.82, 2.24) is 19.7 Å². The number of rotatable bonds is 4. The molecule has 2 aromatic carbocycles. The molecule has 0 aliphatic carbocycles. The minimum Gasteiger partial charge on any atom is -0.508 e. The second-order valence-corrected chi connectivity index (χ2v) is 6.90. The maximum atomic E-state index is 13.2. The summed E-state index contributed by atoms with van der Waals surface area (Å²) in [7, 11) is 0. The van der Waals surface area contributed by atoms with Gasteiger partial charge < -0.3 is 10.0 Å². The molecular formula is C21H22N4O2. The van der Waals surface area contributed by atoms with Crippen molar-refractivity contribution in [3.63, 3.8) is 0 Å². The maximum Gasteiger partial charge on any atom is 0.254 e. The summed E-state index contributed by atoms with van der Waals surface area (Å²) in [6.45, 7) is 1.33. The number of aromatic hydroxyl groups is 1. The Balaban J connectivity index is 1.57. The van der Waals surface area contributed by atoms with Crippen molar-refractivity contribution in [2.75, 3.05) is 6.54 Å². The summed E-state index contributed by atoms with van der Waals surface area (Å²) in [6, 6.07) is 15.0. The Labute approximate surface area is 158 Å². The van der Waals surface area contributed by atoms with Crippen molar-refractivity contribution < 1.29 is 9.90 Å². The molecule has 0 radical (unpaired) electrons. The molecule has 1 fully saturated rings. The molecule has 0 bridgehead atoms. The Morgan fingerprint density at radius 1 is 1.15 bits per heavy atom. The first kappa shape index (κ1) is 17.3. The Kier molecular flexibility index (Phi) is 4.87. The normalized spacial score (nSPS) is 17.0. The number of aromatic nitrogens is 3. The molecule has 6 heteroatoms. The molecule has 1 aromatic heterocycles. The molecule has 2 heterocycles. The van der Waals surface area contributed by atoms with Crippen molar-refractivity contribution in [3.05, 3.63) is 77.9 Å². The molecule has 4 rings (SSSR count). The van der Waals surface area contributed by atoms with E-state index in [4.69, 9.17) is 0 Å². The van der Waals surface area contributed by atoms with Gasteiger partial charge >= 0.3 is 0 Å². The molecule has 138 valence electrons. The lowest BCUT2D eigenvalue weighted by Crippen LogP contribution is -2.38. The highest BCUT2D eigenvalue weighted by atomic mass is 16.3. The average molecular weight is 362 g/mol. The highest BCUT2D eigenvalue weighted by Crippen LogP contribution is 2.33. The third-order valence-corrected chi connectivity index (χ3v) is 5.03. The summed E-state index contributed by atoms with van der Waals surface area (Å²) in [5.41, 5.74) is 2.78. The quantitative estimate of drug-likeness (QED) is 0.772. The number of hydrogen-bond donors (Lipinski definition) is 1. The molecule has 3 aromatic rings. The summed E-state index contributed by atoms with van der Waals surface area (Å²) in [4.78, 5) is 19.2. The van der Waals surface area contributed by atoms with Crippen LogP contribution in [0.3, 0.4) is 0 Å². The smallest absolute Gasteiger partial charge is 0.254 e. The lowest BCUT2D eigenvalue weighted by molar-refractivity contribution is 0.0611. The van der Waals surface area contributed by atoms with Crippen molar-refractivity contribution in [3.8, 4) is 5.75 Å². The molecule has 1 N–H and O–H groups in total. The number of phenols is 1. The Hall–Kier alpha value is -3.15. The van der Waals surface area contributed by atoms with Gasteiger partial charge in [-0.3, -0.25) is 4.79 Å². The van der Waals surface area contributed by atoms with Gasteiger partial charge in [0.25, 0.3) is 5.91 Å². The molecular weight excluding hydrogens is 340 g/mol. The number of likely N-dealkylation sites (tertiary alicyclic amines) is 1. The fraction of sp³-hybridized carbons (Fsp3) is 0.286. The van der Waals surface area contributed by atoms with Gasteiger partial charge in [-0.25, -0.2) is 9.67 Å². The van der Waals surface area contributed by atoms with E-state index in [0.29, 0.717) is 12.1 Å². The van der Waals surface area contributed by atoms with Crippen LogP contribution in [0.15, 0.2) is 61.2 Å². The van der Waals surface area contributed by atoms with Crippen LogP contribution in [-0.2, 0) is 6.54 Å². The van der Waals surface area contributed by atoms with Gasteiger partial charge in [-0.05, 0) is 54.7 Å². The number of benzene rings is 2. The second-order valence-electron chi connectivity index (χ2n) is 6.90. The molecule has 1 unspecified atom stereocenters. The first-order chi connectivity index (χ1) is 13.2. The van der Waals surface area contributed by atoms with Crippen LogP contribution in [0.5, 0.6) is 5.75 Å². The second kappa shape index (κ2) is 7.61. The average Bonchev–Trinajstić information content (AvgIpc) is 3.21. The fourth-order valence-electron chi connectivity index (χ4n) is 3.69. The topological polar surface area (TPSA) is 71.2 Å². The predicted molar refractivity (Wildman–Crippen MR) is 101 cm³/mol. The van der Waals surface area contributed by atoms with Gasteiger partial charge in [-0.2, -0.15) is 5.10 Å².